The van der Waals surface area contributed by atoms with Crippen LogP contribution in [-0.4, -0.2) is 46.8 Å². The van der Waals surface area contributed by atoms with E-state index in [9.17, 15) is 4.79 Å². The molecular formula is C27H33N3O3. The number of nitrogens with zero attached hydrogens (tertiary/aromatic N) is 2. The lowest BCUT2D eigenvalue weighted by Gasteiger charge is -2.33. The summed E-state index contributed by atoms with van der Waals surface area (Å²) in [5.74, 6) is 1.78. The van der Waals surface area contributed by atoms with Gasteiger partial charge in [-0.2, -0.15) is 0 Å². The van der Waals surface area contributed by atoms with E-state index >= 15 is 0 Å². The lowest BCUT2D eigenvalue weighted by Crippen LogP contribution is -2.42. The minimum atomic E-state index is -0.488. The van der Waals surface area contributed by atoms with Gasteiger partial charge in [0.25, 0.3) is 0 Å². The molecule has 1 aliphatic heterocycles. The van der Waals surface area contributed by atoms with Crippen molar-refractivity contribution in [2.75, 3.05) is 20.2 Å². The molecule has 1 N–H and O–H groups in total. The number of aromatic amines is 1. The van der Waals surface area contributed by atoms with Crippen LogP contribution in [-0.2, 0) is 4.74 Å². The molecule has 0 radical (unpaired) electrons. The molecule has 5 rings (SSSR count). The van der Waals surface area contributed by atoms with Crippen LogP contribution in [0.3, 0.4) is 0 Å². The first kappa shape index (κ1) is 21.8. The van der Waals surface area contributed by atoms with Gasteiger partial charge in [-0.25, -0.2) is 9.78 Å². The van der Waals surface area contributed by atoms with Crippen molar-refractivity contribution in [3.8, 4) is 16.9 Å². The first-order chi connectivity index (χ1) is 15.8. The Morgan fingerprint density at radius 2 is 1.91 bits per heavy atom. The van der Waals surface area contributed by atoms with Crippen LogP contribution in [0.15, 0.2) is 36.5 Å². The number of nitrogens with one attached hydrogen (secondary N) is 1. The highest BCUT2D eigenvalue weighted by atomic mass is 16.6. The Morgan fingerprint density at radius 3 is 2.64 bits per heavy atom. The number of methoxy groups -OCH3 is 1. The summed E-state index contributed by atoms with van der Waals surface area (Å²) in [5.41, 5.74) is 5.12. The van der Waals surface area contributed by atoms with E-state index in [0.717, 1.165) is 53.0 Å². The number of hydrogen-bond donors (Lipinski definition) is 1. The molecule has 33 heavy (non-hydrogen) atoms. The van der Waals surface area contributed by atoms with Gasteiger partial charge in [0.2, 0.25) is 0 Å². The Labute approximate surface area is 195 Å². The molecule has 1 aromatic carbocycles. The quantitative estimate of drug-likeness (QED) is 0.515. The molecule has 2 aliphatic rings. The Balaban J connectivity index is 1.46. The van der Waals surface area contributed by atoms with Gasteiger partial charge in [0.1, 0.15) is 17.0 Å². The SMILES string of the molecule is COc1ccc(C2CC2)cc1-c1ccnc2[nH]c(C3CCCN(C(=O)OC(C)(C)C)C3)cc12. The molecule has 1 atom stereocenters. The van der Waals surface area contributed by atoms with E-state index in [1.165, 1.54) is 18.4 Å². The zero-order valence-electron chi connectivity index (χ0n) is 20.0. The number of aromatic nitrogens is 2. The van der Waals surface area contributed by atoms with Crippen molar-refractivity contribution in [1.29, 1.82) is 0 Å². The van der Waals surface area contributed by atoms with Crippen molar-refractivity contribution >= 4 is 17.1 Å². The van der Waals surface area contributed by atoms with Crippen molar-refractivity contribution in [3.05, 3.63) is 47.8 Å². The monoisotopic (exact) mass is 447 g/mol. The fourth-order valence-electron chi connectivity index (χ4n) is 4.83. The van der Waals surface area contributed by atoms with Crippen LogP contribution in [0, 0.1) is 0 Å². The summed E-state index contributed by atoms with van der Waals surface area (Å²) in [7, 11) is 1.73. The minimum absolute atomic E-state index is 0.230. The molecule has 1 saturated carbocycles. The molecule has 3 aromatic rings. The van der Waals surface area contributed by atoms with E-state index in [1.807, 2.05) is 31.9 Å². The summed E-state index contributed by atoms with van der Waals surface area (Å²) in [6.45, 7) is 7.11. The van der Waals surface area contributed by atoms with Crippen LogP contribution in [0.4, 0.5) is 4.79 Å². The number of likely N-dealkylation sites (tertiary alicyclic amines) is 1. The largest absolute Gasteiger partial charge is 0.496 e. The van der Waals surface area contributed by atoms with Gasteiger partial charge in [-0.05, 0) is 87.8 Å². The number of amides is 1. The first-order valence-corrected chi connectivity index (χ1v) is 12.0. The zero-order chi connectivity index (χ0) is 23.2. The molecule has 2 aromatic heterocycles. The Kier molecular flexibility index (Phi) is 5.55. The summed E-state index contributed by atoms with van der Waals surface area (Å²) in [6.07, 6.45) is 6.14. The normalized spacial score (nSPS) is 19.0. The number of carbonyl (C=O) groups is 1. The Bertz CT molecular complexity index is 1170. The maximum absolute atomic E-state index is 12.6. The van der Waals surface area contributed by atoms with Gasteiger partial charge in [0, 0.05) is 41.8 Å². The molecule has 1 unspecified atom stereocenters. The maximum Gasteiger partial charge on any atom is 0.410 e. The van der Waals surface area contributed by atoms with Crippen LogP contribution in [0.5, 0.6) is 5.75 Å². The van der Waals surface area contributed by atoms with Gasteiger partial charge in [-0.15, -0.1) is 0 Å². The van der Waals surface area contributed by atoms with E-state index in [4.69, 9.17) is 9.47 Å². The summed E-state index contributed by atoms with van der Waals surface area (Å²) in [4.78, 5) is 22.6. The lowest BCUT2D eigenvalue weighted by atomic mass is 9.94. The predicted octanol–water partition coefficient (Wildman–Crippen LogP) is 6.23. The van der Waals surface area contributed by atoms with E-state index in [0.29, 0.717) is 12.5 Å². The number of rotatable bonds is 4. The predicted molar refractivity (Wildman–Crippen MR) is 130 cm³/mol. The van der Waals surface area contributed by atoms with Gasteiger partial charge in [0.05, 0.1) is 7.11 Å². The van der Waals surface area contributed by atoms with Crippen LogP contribution in [0.2, 0.25) is 0 Å². The van der Waals surface area contributed by atoms with Crippen LogP contribution < -0.4 is 4.74 Å². The second-order valence-electron chi connectivity index (χ2n) is 10.3. The summed E-state index contributed by atoms with van der Waals surface area (Å²) in [5, 5.41) is 1.09. The lowest BCUT2D eigenvalue weighted by molar-refractivity contribution is 0.0197. The van der Waals surface area contributed by atoms with Crippen molar-refractivity contribution in [2.24, 2.45) is 0 Å². The van der Waals surface area contributed by atoms with E-state index in [-0.39, 0.29) is 12.0 Å². The Morgan fingerprint density at radius 1 is 1.09 bits per heavy atom. The third-order valence-corrected chi connectivity index (χ3v) is 6.63. The zero-order valence-corrected chi connectivity index (χ0v) is 20.0. The molecular weight excluding hydrogens is 414 g/mol. The number of H-pyrrole nitrogens is 1. The molecule has 1 aliphatic carbocycles. The second kappa shape index (κ2) is 8.40. The third kappa shape index (κ3) is 4.56. The fourth-order valence-corrected chi connectivity index (χ4v) is 4.83. The number of fused-ring (bicyclic) bond motifs is 1. The Hall–Kier alpha value is -3.02. The minimum Gasteiger partial charge on any atom is -0.496 e. The molecule has 2 fully saturated rings. The highest BCUT2D eigenvalue weighted by Gasteiger charge is 2.30. The third-order valence-electron chi connectivity index (χ3n) is 6.63. The number of carbonyl (C=O) groups excluding carboxylic acids is 1. The molecule has 6 nitrogen and oxygen atoms in total. The smallest absolute Gasteiger partial charge is 0.410 e. The van der Waals surface area contributed by atoms with Crippen LogP contribution >= 0.6 is 0 Å². The van der Waals surface area contributed by atoms with E-state index in [2.05, 4.69) is 40.3 Å². The van der Waals surface area contributed by atoms with Crippen molar-refractivity contribution in [2.45, 2.75) is 63.9 Å². The summed E-state index contributed by atoms with van der Waals surface area (Å²) >= 11 is 0. The molecule has 6 heteroatoms. The van der Waals surface area contributed by atoms with E-state index in [1.54, 1.807) is 7.11 Å². The highest BCUT2D eigenvalue weighted by molar-refractivity contribution is 5.95. The van der Waals surface area contributed by atoms with Gasteiger partial charge in [-0.3, -0.25) is 0 Å². The highest BCUT2D eigenvalue weighted by Crippen LogP contribution is 2.44. The molecule has 1 amide bonds. The molecule has 3 heterocycles. The number of hydrogen-bond acceptors (Lipinski definition) is 4. The standard InChI is InChI=1S/C27H33N3O3/c1-27(2,3)33-26(31)30-13-5-6-19(16-30)23-15-22-20(11-12-28-25(22)29-23)21-14-18(17-7-8-17)9-10-24(21)32-4/h9-12,14-15,17,19H,5-8,13,16H2,1-4H3,(H,28,29). The van der Waals surface area contributed by atoms with Crippen LogP contribution in [0.25, 0.3) is 22.2 Å². The van der Waals surface area contributed by atoms with Crippen molar-refractivity contribution in [3.63, 3.8) is 0 Å². The molecule has 1 saturated heterocycles. The van der Waals surface area contributed by atoms with E-state index < -0.39 is 5.60 Å². The number of piperidine rings is 1. The summed E-state index contributed by atoms with van der Waals surface area (Å²) < 4.78 is 11.3. The summed E-state index contributed by atoms with van der Waals surface area (Å²) in [6, 6.07) is 10.8. The van der Waals surface area contributed by atoms with Crippen molar-refractivity contribution < 1.29 is 14.3 Å². The average molecular weight is 448 g/mol. The second-order valence-corrected chi connectivity index (χ2v) is 10.3. The fraction of sp³-hybridized carbons (Fsp3) is 0.481. The van der Waals surface area contributed by atoms with Gasteiger partial charge in [0.15, 0.2) is 0 Å². The topological polar surface area (TPSA) is 67.5 Å². The number of benzene rings is 1. The first-order valence-electron chi connectivity index (χ1n) is 12.0. The number of pyridine rings is 1. The average Bonchev–Trinajstić information content (AvgIpc) is 3.55. The van der Waals surface area contributed by atoms with Gasteiger partial charge >= 0.3 is 6.09 Å². The van der Waals surface area contributed by atoms with Crippen LogP contribution in [0.1, 0.15) is 69.5 Å². The maximum atomic E-state index is 12.6. The number of ether oxygens (including phenoxy) is 2. The van der Waals surface area contributed by atoms with Crippen molar-refractivity contribution in [1.82, 2.24) is 14.9 Å². The molecule has 0 bridgehead atoms. The molecule has 174 valence electrons. The van der Waals surface area contributed by atoms with Gasteiger partial charge < -0.3 is 19.4 Å². The van der Waals surface area contributed by atoms with Gasteiger partial charge in [-0.1, -0.05) is 6.07 Å². The molecule has 0 spiro atoms.